The Morgan fingerprint density at radius 2 is 1.90 bits per heavy atom. The highest BCUT2D eigenvalue weighted by molar-refractivity contribution is 7.80. The molecule has 1 fully saturated rings. The normalized spacial score (nSPS) is 16.4. The van der Waals surface area contributed by atoms with E-state index in [9.17, 15) is 13.2 Å². The molecule has 0 amide bonds. The molecule has 1 aromatic heterocycles. The minimum Gasteiger partial charge on any atom is -0.367 e. The van der Waals surface area contributed by atoms with Crippen molar-refractivity contribution in [2.24, 2.45) is 0 Å². The molecule has 1 aromatic rings. The third kappa shape index (κ3) is 3.39. The first-order chi connectivity index (χ1) is 9.41. The van der Waals surface area contributed by atoms with Crippen LogP contribution in [-0.4, -0.2) is 41.1 Å². The van der Waals surface area contributed by atoms with Crippen LogP contribution in [0, 0.1) is 0 Å². The molecule has 0 radical (unpaired) electrons. The quantitative estimate of drug-likeness (QED) is 0.782. The van der Waals surface area contributed by atoms with Gasteiger partial charge in [0.2, 0.25) is 0 Å². The molecule has 0 atom stereocenters. The van der Waals surface area contributed by atoms with E-state index in [1.54, 1.807) is 0 Å². The summed E-state index contributed by atoms with van der Waals surface area (Å²) in [4.78, 5) is 8.60. The van der Waals surface area contributed by atoms with Crippen molar-refractivity contribution in [1.82, 2.24) is 9.88 Å². The van der Waals surface area contributed by atoms with Gasteiger partial charge in [-0.1, -0.05) is 19.1 Å². The Labute approximate surface area is 121 Å². The number of alkyl halides is 3. The lowest BCUT2D eigenvalue weighted by molar-refractivity contribution is -0.141. The average molecular weight is 303 g/mol. The molecule has 1 aliphatic rings. The molecule has 3 nitrogen and oxygen atoms in total. The van der Waals surface area contributed by atoms with Crippen molar-refractivity contribution >= 4 is 22.9 Å². The number of rotatable bonds is 2. The van der Waals surface area contributed by atoms with Crippen LogP contribution in [0.15, 0.2) is 18.3 Å². The van der Waals surface area contributed by atoms with Crippen molar-refractivity contribution in [2.45, 2.75) is 19.5 Å². The van der Waals surface area contributed by atoms with Crippen LogP contribution >= 0.6 is 12.2 Å². The summed E-state index contributed by atoms with van der Waals surface area (Å²) in [7, 11) is 0. The number of pyridine rings is 1. The van der Waals surface area contributed by atoms with Crippen LogP contribution in [0.3, 0.4) is 0 Å². The lowest BCUT2D eigenvalue weighted by Gasteiger charge is -2.37. The largest absolute Gasteiger partial charge is 0.433 e. The van der Waals surface area contributed by atoms with Gasteiger partial charge in [-0.15, -0.1) is 0 Å². The predicted octanol–water partition coefficient (Wildman–Crippen LogP) is 2.96. The first-order valence-corrected chi connectivity index (χ1v) is 6.88. The number of halogens is 3. The maximum atomic E-state index is 12.4. The minimum absolute atomic E-state index is 0.722. The van der Waals surface area contributed by atoms with Gasteiger partial charge in [0.05, 0.1) is 16.9 Å². The number of nitrogens with zero attached hydrogens (tertiary/aromatic N) is 3. The van der Waals surface area contributed by atoms with Gasteiger partial charge in [-0.05, 0) is 18.6 Å². The van der Waals surface area contributed by atoms with Gasteiger partial charge in [-0.2, -0.15) is 13.2 Å². The van der Waals surface area contributed by atoms with Gasteiger partial charge < -0.3 is 9.80 Å². The van der Waals surface area contributed by atoms with Crippen LogP contribution in [0.5, 0.6) is 0 Å². The van der Waals surface area contributed by atoms with Gasteiger partial charge >= 0.3 is 6.18 Å². The molecule has 7 heteroatoms. The van der Waals surface area contributed by atoms with Crippen LogP contribution in [0.2, 0.25) is 0 Å². The summed E-state index contributed by atoms with van der Waals surface area (Å²) < 4.78 is 37.3. The van der Waals surface area contributed by atoms with Crippen LogP contribution < -0.4 is 4.90 Å². The molecule has 0 aliphatic carbocycles. The van der Waals surface area contributed by atoms with Crippen molar-refractivity contribution in [3.63, 3.8) is 0 Å². The lowest BCUT2D eigenvalue weighted by atomic mass is 10.2. The number of piperazine rings is 1. The van der Waals surface area contributed by atoms with Crippen LogP contribution in [0.25, 0.3) is 0 Å². The van der Waals surface area contributed by atoms with Crippen LogP contribution in [-0.2, 0) is 6.18 Å². The summed E-state index contributed by atoms with van der Waals surface area (Å²) in [5, 5.41) is 0. The number of anilines is 1. The van der Waals surface area contributed by atoms with Gasteiger partial charge in [0, 0.05) is 26.2 Å². The molecular formula is C13H16F3N3S. The Kier molecular flexibility index (Phi) is 4.47. The zero-order chi connectivity index (χ0) is 14.8. The van der Waals surface area contributed by atoms with Gasteiger partial charge in [0.15, 0.2) is 0 Å². The maximum absolute atomic E-state index is 12.4. The molecule has 1 saturated heterocycles. The van der Waals surface area contributed by atoms with E-state index < -0.39 is 11.9 Å². The molecule has 20 heavy (non-hydrogen) atoms. The topological polar surface area (TPSA) is 19.4 Å². The highest BCUT2D eigenvalue weighted by Gasteiger charge is 2.32. The Bertz CT molecular complexity index is 465. The number of hydrogen-bond donors (Lipinski definition) is 0. The highest BCUT2D eigenvalue weighted by Crippen LogP contribution is 2.28. The van der Waals surface area contributed by atoms with Gasteiger partial charge in [-0.25, -0.2) is 4.98 Å². The van der Waals surface area contributed by atoms with Crippen LogP contribution in [0.4, 0.5) is 18.9 Å². The molecule has 0 spiro atoms. The zero-order valence-corrected chi connectivity index (χ0v) is 12.0. The standard InChI is InChI=1S/C13H16F3N3S/c1-2-12(20)19-7-5-18(6-8-19)10-3-4-11(17-9-10)13(14,15)16/h3-4,9H,2,5-8H2,1H3. The summed E-state index contributed by atoms with van der Waals surface area (Å²) in [6, 6.07) is 2.50. The van der Waals surface area contributed by atoms with E-state index in [-0.39, 0.29) is 0 Å². The first kappa shape index (κ1) is 15.0. The predicted molar refractivity (Wildman–Crippen MR) is 75.9 cm³/mol. The van der Waals surface area contributed by atoms with Crippen LogP contribution in [0.1, 0.15) is 19.0 Å². The fourth-order valence-electron chi connectivity index (χ4n) is 2.18. The van der Waals surface area contributed by atoms with Crippen molar-refractivity contribution in [2.75, 3.05) is 31.1 Å². The summed E-state index contributed by atoms with van der Waals surface area (Å²) in [6.07, 6.45) is -2.25. The SMILES string of the molecule is CCC(=S)N1CCN(c2ccc(C(F)(F)F)nc2)CC1. The van der Waals surface area contributed by atoms with E-state index in [0.29, 0.717) is 0 Å². The second-order valence-electron chi connectivity index (χ2n) is 4.62. The molecule has 0 N–H and O–H groups in total. The third-order valence-corrected chi connectivity index (χ3v) is 3.89. The van der Waals surface area contributed by atoms with Crippen molar-refractivity contribution in [1.29, 1.82) is 0 Å². The van der Waals surface area contributed by atoms with Crippen molar-refractivity contribution in [3.05, 3.63) is 24.0 Å². The lowest BCUT2D eigenvalue weighted by Crippen LogP contribution is -2.48. The smallest absolute Gasteiger partial charge is 0.367 e. The molecule has 0 bridgehead atoms. The van der Waals surface area contributed by atoms with Crippen molar-refractivity contribution < 1.29 is 13.2 Å². The van der Waals surface area contributed by atoms with E-state index in [0.717, 1.165) is 49.3 Å². The zero-order valence-electron chi connectivity index (χ0n) is 11.2. The monoisotopic (exact) mass is 303 g/mol. The Morgan fingerprint density at radius 3 is 2.35 bits per heavy atom. The van der Waals surface area contributed by atoms with Crippen molar-refractivity contribution in [3.8, 4) is 0 Å². The van der Waals surface area contributed by atoms with E-state index in [2.05, 4.69) is 9.88 Å². The summed E-state index contributed by atoms with van der Waals surface area (Å²) in [5.41, 5.74) is -0.132. The summed E-state index contributed by atoms with van der Waals surface area (Å²) >= 11 is 5.26. The number of hydrogen-bond acceptors (Lipinski definition) is 3. The van der Waals surface area contributed by atoms with E-state index in [1.807, 2.05) is 11.8 Å². The van der Waals surface area contributed by atoms with E-state index in [4.69, 9.17) is 12.2 Å². The molecule has 1 aliphatic heterocycles. The Morgan fingerprint density at radius 1 is 1.25 bits per heavy atom. The highest BCUT2D eigenvalue weighted by atomic mass is 32.1. The van der Waals surface area contributed by atoms with E-state index in [1.165, 1.54) is 12.3 Å². The molecule has 2 rings (SSSR count). The van der Waals surface area contributed by atoms with Gasteiger partial charge in [0.25, 0.3) is 0 Å². The maximum Gasteiger partial charge on any atom is 0.433 e. The van der Waals surface area contributed by atoms with E-state index >= 15 is 0 Å². The molecular weight excluding hydrogens is 287 g/mol. The molecule has 0 saturated carbocycles. The van der Waals surface area contributed by atoms with Gasteiger partial charge in [-0.3, -0.25) is 0 Å². The fourth-order valence-corrected chi connectivity index (χ4v) is 2.36. The fraction of sp³-hybridized carbons (Fsp3) is 0.538. The Hall–Kier alpha value is -1.37. The number of thiocarbonyl (C=S) groups is 1. The minimum atomic E-state index is -4.38. The number of aromatic nitrogens is 1. The molecule has 110 valence electrons. The average Bonchev–Trinajstić information content (AvgIpc) is 2.46. The Balaban J connectivity index is 1.99. The summed E-state index contributed by atoms with van der Waals surface area (Å²) in [6.45, 7) is 5.11. The first-order valence-electron chi connectivity index (χ1n) is 6.48. The second-order valence-corrected chi connectivity index (χ2v) is 5.09. The molecule has 0 unspecified atom stereocenters. The second kappa shape index (κ2) is 5.95. The molecule has 2 heterocycles. The summed E-state index contributed by atoms with van der Waals surface area (Å²) in [5.74, 6) is 0. The molecule has 0 aromatic carbocycles. The van der Waals surface area contributed by atoms with Gasteiger partial charge in [0.1, 0.15) is 5.69 Å². The third-order valence-electron chi connectivity index (χ3n) is 3.34.